The molecule has 2 saturated heterocycles. The first kappa shape index (κ1) is 24.2. The van der Waals surface area contributed by atoms with Gasteiger partial charge in [-0.2, -0.15) is 0 Å². The van der Waals surface area contributed by atoms with Gasteiger partial charge < -0.3 is 10.6 Å². The Kier molecular flexibility index (Phi) is 5.69. The van der Waals surface area contributed by atoms with E-state index in [1.165, 1.54) is 16.2 Å². The van der Waals surface area contributed by atoms with Crippen LogP contribution in [0.5, 0.6) is 0 Å². The molecule has 1 saturated carbocycles. The van der Waals surface area contributed by atoms with E-state index in [2.05, 4.69) is 15.6 Å². The summed E-state index contributed by atoms with van der Waals surface area (Å²) in [6.07, 6.45) is 3.38. The molecule has 0 spiro atoms. The topological polar surface area (TPSA) is 104 Å². The molecule has 0 aromatic carbocycles. The third kappa shape index (κ3) is 3.95. The first-order chi connectivity index (χ1) is 17.7. The minimum absolute atomic E-state index is 0.0210. The fourth-order valence-electron chi connectivity index (χ4n) is 6.07. The third-order valence-electron chi connectivity index (χ3n) is 8.23. The molecular formula is C28H31N5O3S. The highest BCUT2D eigenvalue weighted by Gasteiger charge is 2.72. The molecule has 6 rings (SSSR count). The number of carbonyl (C=O) groups excluding carboxylic acids is 3. The number of hydrogen-bond acceptors (Lipinski definition) is 7. The summed E-state index contributed by atoms with van der Waals surface area (Å²) in [5.74, 6) is -0.495. The van der Waals surface area contributed by atoms with E-state index in [1.54, 1.807) is 6.20 Å². The van der Waals surface area contributed by atoms with Crippen molar-refractivity contribution in [3.63, 3.8) is 0 Å². The van der Waals surface area contributed by atoms with E-state index in [1.807, 2.05) is 45.9 Å². The predicted octanol–water partition coefficient (Wildman–Crippen LogP) is 4.05. The molecule has 3 aromatic rings. The Bertz CT molecular complexity index is 1430. The third-order valence-corrected chi connectivity index (χ3v) is 9.37. The minimum Gasteiger partial charge on any atom is -0.324 e. The van der Waals surface area contributed by atoms with Crippen LogP contribution in [0.1, 0.15) is 42.8 Å². The molecule has 0 radical (unpaired) electrons. The van der Waals surface area contributed by atoms with Gasteiger partial charge in [-0.05, 0) is 69.0 Å². The zero-order valence-corrected chi connectivity index (χ0v) is 22.4. The van der Waals surface area contributed by atoms with Crippen LogP contribution in [0.4, 0.5) is 5.69 Å². The number of nitrogens with zero attached hydrogens (tertiary/aromatic N) is 3. The molecule has 5 heterocycles. The van der Waals surface area contributed by atoms with Gasteiger partial charge in [-0.25, -0.2) is 0 Å². The zero-order valence-electron chi connectivity index (χ0n) is 21.6. The summed E-state index contributed by atoms with van der Waals surface area (Å²) in [4.78, 5) is 50.6. The molecule has 3 amide bonds. The molecule has 37 heavy (non-hydrogen) atoms. The number of amides is 3. The van der Waals surface area contributed by atoms with Crippen LogP contribution in [0, 0.1) is 37.0 Å². The quantitative estimate of drug-likeness (QED) is 0.495. The van der Waals surface area contributed by atoms with Gasteiger partial charge in [0, 0.05) is 28.2 Å². The molecule has 0 bridgehead atoms. The van der Waals surface area contributed by atoms with Crippen LogP contribution < -0.4 is 10.6 Å². The van der Waals surface area contributed by atoms with E-state index in [0.717, 1.165) is 69.2 Å². The lowest BCUT2D eigenvalue weighted by Crippen LogP contribution is -2.35. The lowest BCUT2D eigenvalue weighted by atomic mass is 9.96. The molecule has 3 fully saturated rings. The summed E-state index contributed by atoms with van der Waals surface area (Å²) in [5, 5.41) is 6.50. The maximum absolute atomic E-state index is 13.1. The van der Waals surface area contributed by atoms with Crippen molar-refractivity contribution in [3.05, 3.63) is 40.5 Å². The second kappa shape index (κ2) is 8.70. The van der Waals surface area contributed by atoms with E-state index >= 15 is 0 Å². The van der Waals surface area contributed by atoms with Crippen LogP contribution in [0.25, 0.3) is 21.5 Å². The number of fused-ring (bicyclic) bond motifs is 2. The van der Waals surface area contributed by atoms with Gasteiger partial charge >= 0.3 is 0 Å². The Hall–Kier alpha value is -3.17. The fourth-order valence-corrected chi connectivity index (χ4v) is 7.18. The monoisotopic (exact) mass is 517 g/mol. The first-order valence-corrected chi connectivity index (χ1v) is 13.7. The fraction of sp³-hybridized carbons (Fsp3) is 0.464. The lowest BCUT2D eigenvalue weighted by molar-refractivity contribution is -0.143. The molecule has 8 nitrogen and oxygen atoms in total. The summed E-state index contributed by atoms with van der Waals surface area (Å²) in [6, 6.07) is 5.86. The molecule has 2 unspecified atom stereocenters. The molecule has 192 valence electrons. The maximum Gasteiger partial charge on any atom is 0.234 e. The molecule has 3 aromatic heterocycles. The molecule has 3 aliphatic rings. The number of pyridine rings is 2. The minimum atomic E-state index is -0.219. The number of thiophene rings is 1. The number of rotatable bonds is 5. The maximum atomic E-state index is 13.1. The van der Waals surface area contributed by atoms with Gasteiger partial charge in [-0.15, -0.1) is 11.3 Å². The van der Waals surface area contributed by atoms with Gasteiger partial charge in [-0.1, -0.05) is 13.8 Å². The predicted molar refractivity (Wildman–Crippen MR) is 143 cm³/mol. The largest absolute Gasteiger partial charge is 0.324 e. The molecule has 2 N–H and O–H groups in total. The zero-order chi connectivity index (χ0) is 26.1. The van der Waals surface area contributed by atoms with E-state index in [0.29, 0.717) is 0 Å². The van der Waals surface area contributed by atoms with Gasteiger partial charge in [0.15, 0.2) is 0 Å². The average Bonchev–Trinajstić information content (AvgIpc) is 3.11. The molecule has 2 atom stereocenters. The number of anilines is 1. The van der Waals surface area contributed by atoms with Crippen LogP contribution >= 0.6 is 11.3 Å². The Morgan fingerprint density at radius 1 is 1.16 bits per heavy atom. The highest BCUT2D eigenvalue weighted by atomic mass is 32.1. The molecule has 2 aliphatic heterocycles. The van der Waals surface area contributed by atoms with E-state index < -0.39 is 0 Å². The van der Waals surface area contributed by atoms with Crippen molar-refractivity contribution in [1.82, 2.24) is 20.2 Å². The average molecular weight is 518 g/mol. The summed E-state index contributed by atoms with van der Waals surface area (Å²) in [5.41, 5.74) is 4.73. The van der Waals surface area contributed by atoms with Crippen molar-refractivity contribution in [3.8, 4) is 11.3 Å². The second-order valence-corrected chi connectivity index (χ2v) is 12.3. The summed E-state index contributed by atoms with van der Waals surface area (Å²) < 4.78 is 0.928. The van der Waals surface area contributed by atoms with Crippen molar-refractivity contribution in [2.24, 2.45) is 23.2 Å². The van der Waals surface area contributed by atoms with Crippen molar-refractivity contribution in [1.29, 1.82) is 0 Å². The lowest BCUT2D eigenvalue weighted by Gasteiger charge is -2.23. The van der Waals surface area contributed by atoms with Crippen LogP contribution in [0.3, 0.4) is 0 Å². The number of piperidine rings is 2. The molecular weight excluding hydrogens is 486 g/mol. The normalized spacial score (nSPS) is 23.0. The highest BCUT2D eigenvalue weighted by molar-refractivity contribution is 7.19. The number of likely N-dealkylation sites (tertiary alicyclic amines) is 1. The first-order valence-electron chi connectivity index (χ1n) is 12.9. The number of carbonyl (C=O) groups is 3. The van der Waals surface area contributed by atoms with Gasteiger partial charge in [0.2, 0.25) is 17.7 Å². The van der Waals surface area contributed by atoms with E-state index in [4.69, 9.17) is 4.98 Å². The Labute approximate surface area is 219 Å². The summed E-state index contributed by atoms with van der Waals surface area (Å²) >= 11 is 1.52. The van der Waals surface area contributed by atoms with Crippen molar-refractivity contribution in [2.75, 3.05) is 18.4 Å². The number of nitrogens with one attached hydrogen (secondary N) is 2. The van der Waals surface area contributed by atoms with Crippen LogP contribution in [-0.4, -0.2) is 45.7 Å². The number of aromatic nitrogens is 2. The van der Waals surface area contributed by atoms with E-state index in [-0.39, 0.29) is 47.4 Å². The molecule has 9 heteroatoms. The van der Waals surface area contributed by atoms with Crippen LogP contribution in [0.2, 0.25) is 0 Å². The summed E-state index contributed by atoms with van der Waals surface area (Å²) in [6.45, 7) is 9.88. The standard InChI is InChI=1S/C28H31N5O3S/c1-14-11-15(2)31-23(22(14)32-25(34)16-5-8-29-9-6-16)18-7-10-30-19-12-17(37-24(18)19)13-33-26(35)20-21(27(33)36)28(20,3)4/h7,10-12,16,20-21,29H,5-6,8-9,13H2,1-4H3,(H,32,34). The Morgan fingerprint density at radius 2 is 1.86 bits per heavy atom. The van der Waals surface area contributed by atoms with Crippen molar-refractivity contribution in [2.45, 2.75) is 47.1 Å². The highest BCUT2D eigenvalue weighted by Crippen LogP contribution is 2.63. The smallest absolute Gasteiger partial charge is 0.234 e. The van der Waals surface area contributed by atoms with Crippen molar-refractivity contribution < 1.29 is 14.4 Å². The van der Waals surface area contributed by atoms with Crippen molar-refractivity contribution >= 4 is 45.0 Å². The van der Waals surface area contributed by atoms with Gasteiger partial charge in [0.05, 0.1) is 40.0 Å². The van der Waals surface area contributed by atoms with Crippen LogP contribution in [0.15, 0.2) is 24.4 Å². The van der Waals surface area contributed by atoms with Gasteiger partial charge in [0.25, 0.3) is 0 Å². The number of imide groups is 1. The number of aryl methyl sites for hydroxylation is 2. The van der Waals surface area contributed by atoms with Crippen LogP contribution in [-0.2, 0) is 20.9 Å². The van der Waals surface area contributed by atoms with Gasteiger partial charge in [0.1, 0.15) is 0 Å². The SMILES string of the molecule is Cc1cc(C)c(NC(=O)C2CCNCC2)c(-c2ccnc3cc(CN4C(=O)C5C(C4=O)C5(C)C)sc23)n1. The van der Waals surface area contributed by atoms with E-state index in [9.17, 15) is 14.4 Å². The summed E-state index contributed by atoms with van der Waals surface area (Å²) in [7, 11) is 0. The Balaban J connectivity index is 1.34. The van der Waals surface area contributed by atoms with Gasteiger partial charge in [-0.3, -0.25) is 29.3 Å². The molecule has 1 aliphatic carbocycles. The second-order valence-electron chi connectivity index (χ2n) is 11.1. The Morgan fingerprint density at radius 3 is 2.57 bits per heavy atom. The number of hydrogen-bond donors (Lipinski definition) is 2.